The number of carbonyl (C=O) groups excluding carboxylic acids is 1. The van der Waals surface area contributed by atoms with Crippen molar-refractivity contribution in [3.05, 3.63) is 34.9 Å². The average molecular weight is 220 g/mol. The fourth-order valence-corrected chi connectivity index (χ4v) is 1.93. The molecule has 3 heteroatoms. The van der Waals surface area contributed by atoms with E-state index in [2.05, 4.69) is 37.4 Å². The highest BCUT2D eigenvalue weighted by Crippen LogP contribution is 2.10. The largest absolute Gasteiger partial charge is 0.352 e. The van der Waals surface area contributed by atoms with E-state index in [1.54, 1.807) is 0 Å². The third-order valence-corrected chi connectivity index (χ3v) is 2.42. The van der Waals surface area contributed by atoms with Crippen LogP contribution in [-0.4, -0.2) is 18.5 Å². The normalized spacial score (nSPS) is 12.2. The molecule has 0 aromatic heterocycles. The van der Waals surface area contributed by atoms with Gasteiger partial charge in [0.05, 0.1) is 6.54 Å². The molecule has 0 aliphatic carbocycles. The summed E-state index contributed by atoms with van der Waals surface area (Å²) in [7, 11) is 0. The summed E-state index contributed by atoms with van der Waals surface area (Å²) in [6.07, 6.45) is 0.842. The molecule has 0 heterocycles. The number of carbonyl (C=O) groups is 1. The maximum atomic E-state index is 11.1. The van der Waals surface area contributed by atoms with E-state index in [-0.39, 0.29) is 18.5 Å². The van der Waals surface area contributed by atoms with Crippen molar-refractivity contribution in [2.45, 2.75) is 33.2 Å². The molecule has 0 spiro atoms. The molecule has 1 rings (SSSR count). The summed E-state index contributed by atoms with van der Waals surface area (Å²) in [4.78, 5) is 11.1. The lowest BCUT2D eigenvalue weighted by Crippen LogP contribution is -2.38. The van der Waals surface area contributed by atoms with Gasteiger partial charge in [0.2, 0.25) is 5.91 Å². The van der Waals surface area contributed by atoms with Gasteiger partial charge in [-0.2, -0.15) is 0 Å². The lowest BCUT2D eigenvalue weighted by Gasteiger charge is -2.14. The van der Waals surface area contributed by atoms with Gasteiger partial charge in [0.1, 0.15) is 0 Å². The van der Waals surface area contributed by atoms with Crippen LogP contribution in [0.5, 0.6) is 0 Å². The third kappa shape index (κ3) is 4.03. The van der Waals surface area contributed by atoms with Crippen LogP contribution in [0.4, 0.5) is 0 Å². The Labute approximate surface area is 97.0 Å². The number of amides is 1. The molecule has 0 aliphatic heterocycles. The van der Waals surface area contributed by atoms with E-state index in [0.717, 1.165) is 6.42 Å². The predicted octanol–water partition coefficient (Wildman–Crippen LogP) is 1.31. The third-order valence-electron chi connectivity index (χ3n) is 2.42. The first kappa shape index (κ1) is 12.7. The predicted molar refractivity (Wildman–Crippen MR) is 66.3 cm³/mol. The maximum Gasteiger partial charge on any atom is 0.233 e. The Hall–Kier alpha value is -1.35. The molecular formula is C13H20N2O. The van der Waals surface area contributed by atoms with Crippen molar-refractivity contribution in [1.82, 2.24) is 5.32 Å². The monoisotopic (exact) mass is 220 g/mol. The average Bonchev–Trinajstić information content (AvgIpc) is 2.15. The number of nitrogens with two attached hydrogens (primary N) is 1. The van der Waals surface area contributed by atoms with Crippen molar-refractivity contribution in [3.8, 4) is 0 Å². The summed E-state index contributed by atoms with van der Waals surface area (Å²) >= 11 is 0. The summed E-state index contributed by atoms with van der Waals surface area (Å²) in [6, 6.07) is 6.57. The molecule has 0 aliphatic rings. The summed E-state index contributed by atoms with van der Waals surface area (Å²) in [6.45, 7) is 6.21. The molecule has 0 saturated carbocycles. The number of hydrogen-bond donors (Lipinski definition) is 2. The Kier molecular flexibility index (Phi) is 4.50. The van der Waals surface area contributed by atoms with Crippen LogP contribution in [0.1, 0.15) is 23.6 Å². The van der Waals surface area contributed by atoms with Crippen LogP contribution < -0.4 is 11.1 Å². The lowest BCUT2D eigenvalue weighted by atomic mass is 10.0. The first-order chi connectivity index (χ1) is 7.51. The summed E-state index contributed by atoms with van der Waals surface area (Å²) < 4.78 is 0. The van der Waals surface area contributed by atoms with Crippen molar-refractivity contribution in [1.29, 1.82) is 0 Å². The number of hydrogen-bond acceptors (Lipinski definition) is 2. The van der Waals surface area contributed by atoms with Crippen molar-refractivity contribution in [2.75, 3.05) is 6.54 Å². The first-order valence-corrected chi connectivity index (χ1v) is 5.58. The molecule has 1 atom stereocenters. The molecule has 88 valence electrons. The highest BCUT2D eigenvalue weighted by molar-refractivity contribution is 5.78. The highest BCUT2D eigenvalue weighted by atomic mass is 16.1. The molecule has 3 N–H and O–H groups in total. The molecule has 0 fully saturated rings. The van der Waals surface area contributed by atoms with Crippen molar-refractivity contribution < 1.29 is 4.79 Å². The smallest absolute Gasteiger partial charge is 0.233 e. The number of benzene rings is 1. The van der Waals surface area contributed by atoms with Gasteiger partial charge in [-0.15, -0.1) is 0 Å². The molecule has 1 amide bonds. The van der Waals surface area contributed by atoms with Crippen LogP contribution in [0.25, 0.3) is 0 Å². The molecule has 0 saturated heterocycles. The molecule has 0 bridgehead atoms. The minimum absolute atomic E-state index is 0.0528. The van der Waals surface area contributed by atoms with Crippen LogP contribution >= 0.6 is 0 Å². The number of rotatable bonds is 4. The van der Waals surface area contributed by atoms with Crippen LogP contribution in [0.2, 0.25) is 0 Å². The zero-order valence-electron chi connectivity index (χ0n) is 10.2. The SMILES string of the molecule is Cc1cc(C)cc(CC(C)NC(=O)CN)c1. The molecular weight excluding hydrogens is 200 g/mol. The zero-order chi connectivity index (χ0) is 12.1. The Bertz CT molecular complexity index is 354. The number of aryl methyl sites for hydroxylation is 2. The van der Waals surface area contributed by atoms with Gasteiger partial charge in [-0.1, -0.05) is 29.3 Å². The van der Waals surface area contributed by atoms with E-state index in [1.165, 1.54) is 16.7 Å². The second-order valence-electron chi connectivity index (χ2n) is 4.37. The molecule has 16 heavy (non-hydrogen) atoms. The molecule has 3 nitrogen and oxygen atoms in total. The molecule has 1 aromatic rings. The van der Waals surface area contributed by atoms with Crippen molar-refractivity contribution in [2.24, 2.45) is 5.73 Å². The minimum atomic E-state index is -0.100. The van der Waals surface area contributed by atoms with E-state index >= 15 is 0 Å². The summed E-state index contributed by atoms with van der Waals surface area (Å²) in [5.74, 6) is -0.100. The van der Waals surface area contributed by atoms with Crippen LogP contribution in [0, 0.1) is 13.8 Å². The van der Waals surface area contributed by atoms with E-state index in [4.69, 9.17) is 5.73 Å². The van der Waals surface area contributed by atoms with Crippen LogP contribution in [0.15, 0.2) is 18.2 Å². The zero-order valence-corrected chi connectivity index (χ0v) is 10.2. The van der Waals surface area contributed by atoms with Gasteiger partial charge in [0.25, 0.3) is 0 Å². The van der Waals surface area contributed by atoms with Crippen molar-refractivity contribution >= 4 is 5.91 Å². The first-order valence-electron chi connectivity index (χ1n) is 5.58. The van der Waals surface area contributed by atoms with Gasteiger partial charge in [-0.25, -0.2) is 0 Å². The molecule has 1 unspecified atom stereocenters. The van der Waals surface area contributed by atoms with Crippen LogP contribution in [-0.2, 0) is 11.2 Å². The summed E-state index contributed by atoms with van der Waals surface area (Å²) in [5, 5.41) is 2.85. The fraction of sp³-hybridized carbons (Fsp3) is 0.462. The van der Waals surface area contributed by atoms with Crippen molar-refractivity contribution in [3.63, 3.8) is 0 Å². The molecule has 0 radical (unpaired) electrons. The second-order valence-corrected chi connectivity index (χ2v) is 4.37. The maximum absolute atomic E-state index is 11.1. The quantitative estimate of drug-likeness (QED) is 0.804. The topological polar surface area (TPSA) is 55.1 Å². The number of nitrogens with one attached hydrogen (secondary N) is 1. The minimum Gasteiger partial charge on any atom is -0.352 e. The standard InChI is InChI=1S/C13H20N2O/c1-9-4-10(2)6-12(5-9)7-11(3)15-13(16)8-14/h4-6,11H,7-8,14H2,1-3H3,(H,15,16). The van der Waals surface area contributed by atoms with Gasteiger partial charge in [0.15, 0.2) is 0 Å². The van der Waals surface area contributed by atoms with E-state index in [0.29, 0.717) is 0 Å². The van der Waals surface area contributed by atoms with Gasteiger partial charge in [0, 0.05) is 6.04 Å². The van der Waals surface area contributed by atoms with Gasteiger partial charge >= 0.3 is 0 Å². The molecule has 1 aromatic carbocycles. The fourth-order valence-electron chi connectivity index (χ4n) is 1.93. The van der Waals surface area contributed by atoms with E-state index < -0.39 is 0 Å². The van der Waals surface area contributed by atoms with Crippen LogP contribution in [0.3, 0.4) is 0 Å². The Morgan fingerprint density at radius 2 is 1.88 bits per heavy atom. The Morgan fingerprint density at radius 1 is 1.31 bits per heavy atom. The highest BCUT2D eigenvalue weighted by Gasteiger charge is 2.07. The van der Waals surface area contributed by atoms with E-state index in [1.807, 2.05) is 6.92 Å². The van der Waals surface area contributed by atoms with Gasteiger partial charge in [-0.05, 0) is 32.8 Å². The lowest BCUT2D eigenvalue weighted by molar-refractivity contribution is -0.120. The Balaban J connectivity index is 2.62. The van der Waals surface area contributed by atoms with E-state index in [9.17, 15) is 4.79 Å². The van der Waals surface area contributed by atoms with Gasteiger partial charge < -0.3 is 11.1 Å². The Morgan fingerprint density at radius 3 is 2.38 bits per heavy atom. The van der Waals surface area contributed by atoms with Gasteiger partial charge in [-0.3, -0.25) is 4.79 Å². The second kappa shape index (κ2) is 5.66. The summed E-state index contributed by atoms with van der Waals surface area (Å²) in [5.41, 5.74) is 9.02.